The number of rotatable bonds is 3. The summed E-state index contributed by atoms with van der Waals surface area (Å²) in [4.78, 5) is 24.4. The van der Waals surface area contributed by atoms with E-state index in [9.17, 15) is 9.59 Å². The van der Waals surface area contributed by atoms with E-state index in [1.165, 1.54) is 6.42 Å². The van der Waals surface area contributed by atoms with Crippen LogP contribution in [0.15, 0.2) is 0 Å². The first-order valence-electron chi connectivity index (χ1n) is 5.50. The number of amides is 1. The molecule has 0 aromatic carbocycles. The molecule has 1 amide bonds. The normalized spacial score (nSPS) is 25.3. The first-order chi connectivity index (χ1) is 7.15. The SMILES string of the molecule is COC1(CN2CCC(=O)CC2=O)CCC1. The van der Waals surface area contributed by atoms with E-state index in [-0.39, 0.29) is 23.7 Å². The second-order valence-electron chi connectivity index (χ2n) is 4.52. The van der Waals surface area contributed by atoms with Crippen LogP contribution in [0.25, 0.3) is 0 Å². The number of Topliss-reactive ketones (excluding diaryl/α,β-unsaturated/α-hetero) is 1. The highest BCUT2D eigenvalue weighted by Crippen LogP contribution is 2.36. The first kappa shape index (κ1) is 10.6. The van der Waals surface area contributed by atoms with E-state index in [1.54, 1.807) is 12.0 Å². The molecule has 0 N–H and O–H groups in total. The second-order valence-corrected chi connectivity index (χ2v) is 4.52. The number of ether oxygens (including phenoxy) is 1. The van der Waals surface area contributed by atoms with Crippen molar-refractivity contribution >= 4 is 11.7 Å². The third-order valence-electron chi connectivity index (χ3n) is 3.54. The van der Waals surface area contributed by atoms with Crippen LogP contribution in [-0.2, 0) is 14.3 Å². The fourth-order valence-electron chi connectivity index (χ4n) is 2.27. The van der Waals surface area contributed by atoms with Crippen molar-refractivity contribution in [1.29, 1.82) is 0 Å². The highest BCUT2D eigenvalue weighted by molar-refractivity contribution is 6.00. The first-order valence-corrected chi connectivity index (χ1v) is 5.50. The van der Waals surface area contributed by atoms with Gasteiger partial charge in [0.1, 0.15) is 5.78 Å². The van der Waals surface area contributed by atoms with Gasteiger partial charge in [0.2, 0.25) is 5.91 Å². The largest absolute Gasteiger partial charge is 0.376 e. The lowest BCUT2D eigenvalue weighted by Gasteiger charge is -2.44. The molecule has 1 saturated carbocycles. The lowest BCUT2D eigenvalue weighted by atomic mass is 9.79. The van der Waals surface area contributed by atoms with Crippen molar-refractivity contribution in [1.82, 2.24) is 4.90 Å². The lowest BCUT2D eigenvalue weighted by Crippen LogP contribution is -2.53. The van der Waals surface area contributed by atoms with Gasteiger partial charge in [0, 0.05) is 26.6 Å². The number of carbonyl (C=O) groups is 2. The van der Waals surface area contributed by atoms with Crippen LogP contribution in [0.4, 0.5) is 0 Å². The Morgan fingerprint density at radius 2 is 2.13 bits per heavy atom. The molecular weight excluding hydrogens is 194 g/mol. The molecule has 2 fully saturated rings. The molecule has 0 atom stereocenters. The predicted octanol–water partition coefficient (Wildman–Crippen LogP) is 0.747. The Labute approximate surface area is 89.6 Å². The van der Waals surface area contributed by atoms with Crippen molar-refractivity contribution in [2.75, 3.05) is 20.2 Å². The molecule has 0 bridgehead atoms. The van der Waals surface area contributed by atoms with Gasteiger partial charge in [0.15, 0.2) is 0 Å². The van der Waals surface area contributed by atoms with Crippen molar-refractivity contribution in [2.45, 2.75) is 37.7 Å². The Morgan fingerprint density at radius 3 is 2.60 bits per heavy atom. The second kappa shape index (κ2) is 3.93. The van der Waals surface area contributed by atoms with Crippen LogP contribution < -0.4 is 0 Å². The number of methoxy groups -OCH3 is 1. The van der Waals surface area contributed by atoms with Gasteiger partial charge in [-0.05, 0) is 19.3 Å². The summed E-state index contributed by atoms with van der Waals surface area (Å²) < 4.78 is 5.47. The number of ketones is 1. The Morgan fingerprint density at radius 1 is 1.40 bits per heavy atom. The fraction of sp³-hybridized carbons (Fsp3) is 0.818. The van der Waals surface area contributed by atoms with E-state index in [1.807, 2.05) is 0 Å². The molecule has 0 aromatic rings. The molecule has 15 heavy (non-hydrogen) atoms. The van der Waals surface area contributed by atoms with E-state index in [0.717, 1.165) is 12.8 Å². The van der Waals surface area contributed by atoms with Crippen LogP contribution in [0.1, 0.15) is 32.1 Å². The number of hydrogen-bond acceptors (Lipinski definition) is 3. The van der Waals surface area contributed by atoms with Gasteiger partial charge in [0.25, 0.3) is 0 Å². The minimum absolute atomic E-state index is 0.0328. The number of likely N-dealkylation sites (tertiary alicyclic amines) is 1. The van der Waals surface area contributed by atoms with E-state index in [0.29, 0.717) is 19.5 Å². The maximum Gasteiger partial charge on any atom is 0.230 e. The highest BCUT2D eigenvalue weighted by Gasteiger charge is 2.40. The molecule has 0 radical (unpaired) electrons. The summed E-state index contributed by atoms with van der Waals surface area (Å²) in [6.07, 6.45) is 3.82. The molecule has 2 aliphatic rings. The van der Waals surface area contributed by atoms with Gasteiger partial charge in [-0.2, -0.15) is 0 Å². The Bertz CT molecular complexity index is 278. The van der Waals surface area contributed by atoms with Gasteiger partial charge in [-0.25, -0.2) is 0 Å². The fourth-order valence-corrected chi connectivity index (χ4v) is 2.27. The summed E-state index contributed by atoms with van der Waals surface area (Å²) in [6.45, 7) is 1.23. The summed E-state index contributed by atoms with van der Waals surface area (Å²) in [6, 6.07) is 0. The summed E-state index contributed by atoms with van der Waals surface area (Å²) in [5.41, 5.74) is -0.115. The minimum atomic E-state index is -0.115. The smallest absolute Gasteiger partial charge is 0.230 e. The van der Waals surface area contributed by atoms with E-state index < -0.39 is 0 Å². The third kappa shape index (κ3) is 2.04. The van der Waals surface area contributed by atoms with Crippen LogP contribution in [0.5, 0.6) is 0 Å². The van der Waals surface area contributed by atoms with Crippen LogP contribution in [0, 0.1) is 0 Å². The Balaban J connectivity index is 1.94. The summed E-state index contributed by atoms with van der Waals surface area (Å²) in [5.74, 6) is 0.0332. The van der Waals surface area contributed by atoms with Gasteiger partial charge in [-0.15, -0.1) is 0 Å². The highest BCUT2D eigenvalue weighted by atomic mass is 16.5. The molecule has 4 heteroatoms. The average Bonchev–Trinajstić information content (AvgIpc) is 2.14. The van der Waals surface area contributed by atoms with Crippen LogP contribution in [-0.4, -0.2) is 42.4 Å². The number of nitrogens with zero attached hydrogens (tertiary/aromatic N) is 1. The molecule has 1 aliphatic heterocycles. The molecule has 1 aliphatic carbocycles. The summed E-state index contributed by atoms with van der Waals surface area (Å²) in [5, 5.41) is 0. The quantitative estimate of drug-likeness (QED) is 0.647. The molecule has 0 spiro atoms. The minimum Gasteiger partial charge on any atom is -0.376 e. The monoisotopic (exact) mass is 211 g/mol. The van der Waals surface area contributed by atoms with Crippen LogP contribution in [0.2, 0.25) is 0 Å². The third-order valence-corrected chi connectivity index (χ3v) is 3.54. The molecule has 2 rings (SSSR count). The average molecular weight is 211 g/mol. The Kier molecular flexibility index (Phi) is 2.78. The van der Waals surface area contributed by atoms with Crippen LogP contribution >= 0.6 is 0 Å². The standard InChI is InChI=1S/C11H17NO3/c1-15-11(4-2-5-11)8-12-6-3-9(13)7-10(12)14/h2-8H2,1H3. The lowest BCUT2D eigenvalue weighted by molar-refractivity contribution is -0.147. The van der Waals surface area contributed by atoms with Crippen molar-refractivity contribution in [2.24, 2.45) is 0 Å². The number of piperidine rings is 1. The van der Waals surface area contributed by atoms with Gasteiger partial charge < -0.3 is 9.64 Å². The molecule has 1 saturated heterocycles. The van der Waals surface area contributed by atoms with Gasteiger partial charge in [-0.3, -0.25) is 9.59 Å². The van der Waals surface area contributed by atoms with E-state index in [4.69, 9.17) is 4.74 Å². The zero-order valence-electron chi connectivity index (χ0n) is 9.12. The number of carbonyl (C=O) groups excluding carboxylic acids is 2. The predicted molar refractivity (Wildman–Crippen MR) is 54.4 cm³/mol. The van der Waals surface area contributed by atoms with E-state index >= 15 is 0 Å². The van der Waals surface area contributed by atoms with Crippen molar-refractivity contribution in [3.8, 4) is 0 Å². The molecule has 0 unspecified atom stereocenters. The van der Waals surface area contributed by atoms with E-state index in [2.05, 4.69) is 0 Å². The van der Waals surface area contributed by atoms with Crippen molar-refractivity contribution in [3.05, 3.63) is 0 Å². The maximum absolute atomic E-state index is 11.6. The van der Waals surface area contributed by atoms with Gasteiger partial charge in [0.05, 0.1) is 12.0 Å². The van der Waals surface area contributed by atoms with Gasteiger partial charge >= 0.3 is 0 Å². The van der Waals surface area contributed by atoms with Crippen LogP contribution in [0.3, 0.4) is 0 Å². The van der Waals surface area contributed by atoms with Gasteiger partial charge in [-0.1, -0.05) is 0 Å². The molecule has 84 valence electrons. The number of hydrogen-bond donors (Lipinski definition) is 0. The van der Waals surface area contributed by atoms with Crippen molar-refractivity contribution in [3.63, 3.8) is 0 Å². The van der Waals surface area contributed by atoms with Crippen molar-refractivity contribution < 1.29 is 14.3 Å². The Hall–Kier alpha value is -0.900. The zero-order valence-corrected chi connectivity index (χ0v) is 9.12. The maximum atomic E-state index is 11.6. The summed E-state index contributed by atoms with van der Waals surface area (Å²) in [7, 11) is 1.71. The zero-order chi connectivity index (χ0) is 10.9. The molecule has 1 heterocycles. The topological polar surface area (TPSA) is 46.6 Å². The summed E-state index contributed by atoms with van der Waals surface area (Å²) >= 11 is 0. The molecular formula is C11H17NO3. The molecule has 0 aromatic heterocycles. The molecule has 4 nitrogen and oxygen atoms in total.